The van der Waals surface area contributed by atoms with Crippen LogP contribution in [0.25, 0.3) is 0 Å². The van der Waals surface area contributed by atoms with Gasteiger partial charge in [-0.15, -0.1) is 0 Å². The van der Waals surface area contributed by atoms with Crippen LogP contribution < -0.4 is 4.72 Å². The summed E-state index contributed by atoms with van der Waals surface area (Å²) >= 11 is 5.97. The average molecular weight is 452 g/mol. The first kappa shape index (κ1) is 24.4. The minimum Gasteiger partial charge on any atom is -0.469 e. The number of carbonyl (C=O) groups is 1. The first-order valence-corrected chi connectivity index (χ1v) is 12.2. The van der Waals surface area contributed by atoms with Crippen LogP contribution in [0.2, 0.25) is 5.02 Å². The Hall–Kier alpha value is -1.89. The first-order chi connectivity index (χ1) is 14.4. The van der Waals surface area contributed by atoms with E-state index in [0.717, 1.165) is 43.2 Å². The van der Waals surface area contributed by atoms with E-state index in [4.69, 9.17) is 11.6 Å². The molecule has 0 saturated heterocycles. The summed E-state index contributed by atoms with van der Waals surface area (Å²) in [5, 5.41) is 0.386. The Morgan fingerprint density at radius 2 is 1.83 bits per heavy atom. The molecule has 0 fully saturated rings. The fourth-order valence-electron chi connectivity index (χ4n) is 3.24. The minimum atomic E-state index is -3.69. The fourth-order valence-corrected chi connectivity index (χ4v) is 4.80. The topological polar surface area (TPSA) is 72.5 Å². The van der Waals surface area contributed by atoms with Gasteiger partial charge in [-0.1, -0.05) is 68.1 Å². The number of unbranched alkanes of at least 4 members (excludes halogenated alkanes) is 2. The van der Waals surface area contributed by atoms with Crippen molar-refractivity contribution in [2.24, 2.45) is 0 Å². The van der Waals surface area contributed by atoms with Gasteiger partial charge in [-0.25, -0.2) is 13.1 Å². The Balaban J connectivity index is 2.12. The van der Waals surface area contributed by atoms with E-state index in [2.05, 4.69) is 16.4 Å². The minimum absolute atomic E-state index is 0.162. The zero-order chi connectivity index (χ0) is 22.0. The molecule has 1 unspecified atom stereocenters. The predicted molar refractivity (Wildman–Crippen MR) is 120 cm³/mol. The van der Waals surface area contributed by atoms with E-state index in [1.807, 2.05) is 24.3 Å². The number of hydrogen-bond acceptors (Lipinski definition) is 4. The number of sulfonamides is 1. The number of carbonyl (C=O) groups excluding carboxylic acids is 1. The summed E-state index contributed by atoms with van der Waals surface area (Å²) in [6, 6.07) is 13.9. The summed E-state index contributed by atoms with van der Waals surface area (Å²) < 4.78 is 33.3. The van der Waals surface area contributed by atoms with Crippen molar-refractivity contribution in [3.63, 3.8) is 0 Å². The summed E-state index contributed by atoms with van der Waals surface area (Å²) in [6.07, 6.45) is 5.62. The highest BCUT2D eigenvalue weighted by Gasteiger charge is 2.21. The van der Waals surface area contributed by atoms with Gasteiger partial charge in [-0.05, 0) is 48.6 Å². The number of hydrogen-bond donors (Lipinski definition) is 1. The maximum absolute atomic E-state index is 12.9. The van der Waals surface area contributed by atoms with Gasteiger partial charge < -0.3 is 4.74 Å². The number of aryl methyl sites for hydroxylation is 1. The third-order valence-corrected chi connectivity index (χ3v) is 6.66. The van der Waals surface area contributed by atoms with Crippen LogP contribution in [0.3, 0.4) is 0 Å². The number of rotatable bonds is 12. The van der Waals surface area contributed by atoms with Crippen LogP contribution in [-0.4, -0.2) is 21.5 Å². The highest BCUT2D eigenvalue weighted by Crippen LogP contribution is 2.25. The van der Waals surface area contributed by atoms with Gasteiger partial charge in [0.1, 0.15) is 0 Å². The number of ether oxygens (including phenoxy) is 1. The molecule has 0 aliphatic heterocycles. The zero-order valence-corrected chi connectivity index (χ0v) is 19.1. The number of nitrogens with one attached hydrogen (secondary N) is 1. The van der Waals surface area contributed by atoms with Crippen LogP contribution in [-0.2, 0) is 26.0 Å². The summed E-state index contributed by atoms with van der Waals surface area (Å²) in [4.78, 5) is 11.4. The third kappa shape index (κ3) is 7.74. The maximum atomic E-state index is 12.9. The molecule has 2 aromatic rings. The molecule has 0 aliphatic rings. The summed E-state index contributed by atoms with van der Waals surface area (Å²) in [6.45, 7) is 2.12. The summed E-state index contributed by atoms with van der Waals surface area (Å²) in [5.41, 5.74) is 2.03. The van der Waals surface area contributed by atoms with Crippen LogP contribution in [0.15, 0.2) is 53.4 Å². The van der Waals surface area contributed by atoms with Crippen molar-refractivity contribution in [1.29, 1.82) is 0 Å². The van der Waals surface area contributed by atoms with Crippen molar-refractivity contribution < 1.29 is 17.9 Å². The molecule has 1 N–H and O–H groups in total. The van der Waals surface area contributed by atoms with E-state index >= 15 is 0 Å². The molecule has 5 nitrogen and oxygen atoms in total. The van der Waals surface area contributed by atoms with Crippen molar-refractivity contribution in [2.75, 3.05) is 7.11 Å². The SMILES string of the molecule is CCCCCC(NS(=O)(=O)c1cccc(Cl)c1)c1ccc(CCCC(=O)OC)cc1. The van der Waals surface area contributed by atoms with E-state index in [0.29, 0.717) is 17.9 Å². The molecule has 0 radical (unpaired) electrons. The van der Waals surface area contributed by atoms with Gasteiger partial charge in [0, 0.05) is 17.5 Å². The lowest BCUT2D eigenvalue weighted by molar-refractivity contribution is -0.140. The van der Waals surface area contributed by atoms with Gasteiger partial charge in [0.25, 0.3) is 0 Å². The van der Waals surface area contributed by atoms with Crippen LogP contribution in [0.5, 0.6) is 0 Å². The molecule has 0 aromatic heterocycles. The fraction of sp³-hybridized carbons (Fsp3) is 0.435. The van der Waals surface area contributed by atoms with E-state index in [1.165, 1.54) is 13.2 Å². The van der Waals surface area contributed by atoms with Gasteiger partial charge in [0.05, 0.1) is 12.0 Å². The lowest BCUT2D eigenvalue weighted by Crippen LogP contribution is -2.28. The number of halogens is 1. The Bertz CT molecular complexity index is 913. The number of esters is 1. The quantitative estimate of drug-likeness (QED) is 0.344. The Morgan fingerprint density at radius 1 is 1.10 bits per heavy atom. The molecular formula is C23H30ClNO4S. The van der Waals surface area contributed by atoms with Crippen molar-refractivity contribution in [2.45, 2.75) is 62.8 Å². The van der Waals surface area contributed by atoms with Crippen molar-refractivity contribution in [3.8, 4) is 0 Å². The molecule has 0 aliphatic carbocycles. The molecule has 2 aromatic carbocycles. The van der Waals surface area contributed by atoms with E-state index in [9.17, 15) is 13.2 Å². The monoisotopic (exact) mass is 451 g/mol. The first-order valence-electron chi connectivity index (χ1n) is 10.3. The van der Waals surface area contributed by atoms with Gasteiger partial charge >= 0.3 is 5.97 Å². The maximum Gasteiger partial charge on any atom is 0.305 e. The predicted octanol–water partition coefficient (Wildman–Crippen LogP) is 5.44. The van der Waals surface area contributed by atoms with Gasteiger partial charge in [0.15, 0.2) is 0 Å². The van der Waals surface area contributed by atoms with Crippen molar-refractivity contribution >= 4 is 27.6 Å². The Kier molecular flexibility index (Phi) is 9.82. The summed E-state index contributed by atoms with van der Waals surface area (Å²) in [7, 11) is -2.30. The Morgan fingerprint density at radius 3 is 2.47 bits per heavy atom. The molecule has 7 heteroatoms. The van der Waals surface area contributed by atoms with Gasteiger partial charge in [-0.2, -0.15) is 0 Å². The van der Waals surface area contributed by atoms with E-state index in [-0.39, 0.29) is 16.9 Å². The number of benzene rings is 2. The molecule has 0 spiro atoms. The molecule has 1 atom stereocenters. The molecule has 0 amide bonds. The van der Waals surface area contributed by atoms with Gasteiger partial charge in [0.2, 0.25) is 10.0 Å². The molecule has 30 heavy (non-hydrogen) atoms. The molecule has 0 bridgehead atoms. The third-order valence-electron chi connectivity index (χ3n) is 4.96. The standard InChI is InChI=1S/C23H30ClNO4S/c1-3-4-5-11-22(25-30(27,28)21-10-7-9-20(24)17-21)19-15-13-18(14-16-19)8-6-12-23(26)29-2/h7,9-10,13-17,22,25H,3-6,8,11-12H2,1-2H3. The van der Waals surface area contributed by atoms with Crippen LogP contribution in [0, 0.1) is 0 Å². The Labute approximate surface area is 184 Å². The molecule has 0 saturated carbocycles. The second-order valence-electron chi connectivity index (χ2n) is 7.30. The van der Waals surface area contributed by atoms with Crippen LogP contribution >= 0.6 is 11.6 Å². The largest absolute Gasteiger partial charge is 0.469 e. The number of methoxy groups -OCH3 is 1. The second kappa shape index (κ2) is 12.1. The smallest absolute Gasteiger partial charge is 0.305 e. The second-order valence-corrected chi connectivity index (χ2v) is 9.45. The molecule has 0 heterocycles. The van der Waals surface area contributed by atoms with Crippen molar-refractivity contribution in [3.05, 3.63) is 64.7 Å². The van der Waals surface area contributed by atoms with Crippen molar-refractivity contribution in [1.82, 2.24) is 4.72 Å². The lowest BCUT2D eigenvalue weighted by Gasteiger charge is -2.20. The molecule has 2 rings (SSSR count). The molecular weight excluding hydrogens is 422 g/mol. The summed E-state index contributed by atoms with van der Waals surface area (Å²) in [5.74, 6) is -0.210. The average Bonchev–Trinajstić information content (AvgIpc) is 2.73. The van der Waals surface area contributed by atoms with E-state index in [1.54, 1.807) is 18.2 Å². The van der Waals surface area contributed by atoms with Crippen LogP contribution in [0.1, 0.15) is 62.6 Å². The highest BCUT2D eigenvalue weighted by atomic mass is 35.5. The zero-order valence-electron chi connectivity index (χ0n) is 17.6. The van der Waals surface area contributed by atoms with Crippen LogP contribution in [0.4, 0.5) is 0 Å². The van der Waals surface area contributed by atoms with Gasteiger partial charge in [-0.3, -0.25) is 4.79 Å². The highest BCUT2D eigenvalue weighted by molar-refractivity contribution is 7.89. The lowest BCUT2D eigenvalue weighted by atomic mass is 9.99. The normalized spacial score (nSPS) is 12.5. The molecule has 164 valence electrons. The van der Waals surface area contributed by atoms with E-state index < -0.39 is 10.0 Å².